The first kappa shape index (κ1) is 96.1. The Morgan fingerprint density at radius 3 is 0.694 bits per heavy atom. The molecule has 0 rings (SSSR count). The van der Waals surface area contributed by atoms with Crippen molar-refractivity contribution in [3.8, 4) is 0 Å². The van der Waals surface area contributed by atoms with E-state index in [1.807, 2.05) is 0 Å². The maximum atomic E-state index is 13.1. The van der Waals surface area contributed by atoms with Crippen LogP contribution in [0.15, 0.2) is 0 Å². The van der Waals surface area contributed by atoms with Crippen LogP contribution in [0.2, 0.25) is 0 Å². The van der Waals surface area contributed by atoms with Gasteiger partial charge in [0.2, 0.25) is 0 Å². The first-order valence-electron chi connectivity index (χ1n) is 41.0. The molecule has 0 spiro atoms. The third-order valence-corrected chi connectivity index (χ3v) is 20.4. The first-order chi connectivity index (χ1) is 47.4. The van der Waals surface area contributed by atoms with E-state index in [1.165, 1.54) is 231 Å². The van der Waals surface area contributed by atoms with Crippen LogP contribution in [0.25, 0.3) is 0 Å². The van der Waals surface area contributed by atoms with Crippen molar-refractivity contribution < 1.29 is 80.2 Å². The number of esters is 4. The zero-order valence-electron chi connectivity index (χ0n) is 64.1. The second-order valence-corrected chi connectivity index (χ2v) is 32.3. The monoisotopic (exact) mass is 1440 g/mol. The van der Waals surface area contributed by atoms with Gasteiger partial charge >= 0.3 is 39.5 Å². The minimum absolute atomic E-state index is 0.105. The van der Waals surface area contributed by atoms with Crippen molar-refractivity contribution in [1.29, 1.82) is 0 Å². The number of aliphatic hydroxyl groups excluding tert-OH is 1. The fourth-order valence-corrected chi connectivity index (χ4v) is 13.8. The molecule has 0 saturated heterocycles. The summed E-state index contributed by atoms with van der Waals surface area (Å²) in [6, 6.07) is 0. The van der Waals surface area contributed by atoms with Gasteiger partial charge in [0.25, 0.3) is 0 Å². The lowest BCUT2D eigenvalue weighted by atomic mass is 10.0. The number of rotatable bonds is 78. The molecule has 582 valence electrons. The highest BCUT2D eigenvalue weighted by Gasteiger charge is 2.30. The van der Waals surface area contributed by atoms with Gasteiger partial charge in [-0.1, -0.05) is 363 Å². The topological polar surface area (TPSA) is 237 Å². The number of aliphatic hydroxyl groups is 1. The Labute approximate surface area is 600 Å². The molecule has 5 atom stereocenters. The lowest BCUT2D eigenvalue weighted by Crippen LogP contribution is -2.30. The highest BCUT2D eigenvalue weighted by atomic mass is 31.2. The minimum atomic E-state index is -4.96. The summed E-state index contributed by atoms with van der Waals surface area (Å²) >= 11 is 0. The Bertz CT molecular complexity index is 1890. The van der Waals surface area contributed by atoms with Gasteiger partial charge in [-0.25, -0.2) is 9.13 Å². The summed E-state index contributed by atoms with van der Waals surface area (Å²) in [5, 5.41) is 10.6. The van der Waals surface area contributed by atoms with E-state index >= 15 is 0 Å². The third kappa shape index (κ3) is 72.4. The zero-order valence-corrected chi connectivity index (χ0v) is 65.9. The summed E-state index contributed by atoms with van der Waals surface area (Å²) < 4.78 is 68.5. The number of ether oxygens (including phenoxy) is 4. The maximum Gasteiger partial charge on any atom is 0.472 e. The standard InChI is InChI=1S/C79H154O17P2/c1-7-9-11-13-15-17-18-19-20-21-22-23-24-25-26-27-30-34-38-45-51-57-63-78(83)95-74(68-90-77(82)62-56-50-44-37-33-31-28-29-32-36-41-47-53-59-71(3)4)69-93-97(85,86)91-65-73(80)66-92-98(87,88)94-70-75(67-89-76(81)61-55-49-43-35-16-14-12-10-8-2)96-79(84)64-58-52-46-40-39-42-48-54-60-72(5)6/h71-75,80H,7-70H2,1-6H3,(H,85,86)(H,87,88)/t73-,74-,75-/m1/s1. The molecule has 0 aromatic rings. The van der Waals surface area contributed by atoms with Gasteiger partial charge in [0.1, 0.15) is 19.3 Å². The van der Waals surface area contributed by atoms with Crippen molar-refractivity contribution in [2.45, 2.75) is 432 Å². The number of hydrogen-bond acceptors (Lipinski definition) is 15. The van der Waals surface area contributed by atoms with Crippen molar-refractivity contribution in [1.82, 2.24) is 0 Å². The summed E-state index contributed by atoms with van der Waals surface area (Å²) in [4.78, 5) is 72.8. The van der Waals surface area contributed by atoms with Crippen LogP contribution >= 0.6 is 15.6 Å². The van der Waals surface area contributed by atoms with E-state index in [1.54, 1.807) is 0 Å². The quantitative estimate of drug-likeness (QED) is 0.0222. The van der Waals surface area contributed by atoms with Gasteiger partial charge in [-0.15, -0.1) is 0 Å². The van der Waals surface area contributed by atoms with E-state index in [4.69, 9.17) is 37.0 Å². The molecule has 0 amide bonds. The van der Waals surface area contributed by atoms with Gasteiger partial charge in [0, 0.05) is 25.7 Å². The van der Waals surface area contributed by atoms with Crippen LogP contribution < -0.4 is 0 Å². The molecular formula is C79H154O17P2. The van der Waals surface area contributed by atoms with Gasteiger partial charge in [0.05, 0.1) is 26.4 Å². The predicted octanol–water partition coefficient (Wildman–Crippen LogP) is 23.5. The Hall–Kier alpha value is -1.94. The molecule has 0 aliphatic carbocycles. The van der Waals surface area contributed by atoms with E-state index in [0.29, 0.717) is 25.7 Å². The normalized spacial score (nSPS) is 13.9. The van der Waals surface area contributed by atoms with Crippen molar-refractivity contribution in [2.75, 3.05) is 39.6 Å². The van der Waals surface area contributed by atoms with Gasteiger partial charge in [-0.2, -0.15) is 0 Å². The maximum absolute atomic E-state index is 13.1. The second-order valence-electron chi connectivity index (χ2n) is 29.4. The smallest absolute Gasteiger partial charge is 0.462 e. The van der Waals surface area contributed by atoms with Gasteiger partial charge in [-0.3, -0.25) is 37.3 Å². The van der Waals surface area contributed by atoms with Gasteiger partial charge < -0.3 is 33.8 Å². The lowest BCUT2D eigenvalue weighted by molar-refractivity contribution is -0.161. The molecule has 0 bridgehead atoms. The average molecular weight is 1440 g/mol. The third-order valence-electron chi connectivity index (χ3n) is 18.5. The molecule has 0 fully saturated rings. The SMILES string of the molecule is CCCCCCCCCCCCCCCCCCCCCCCCC(=O)O[C@H](COC(=O)CCCCCCCCCCCCCCCC(C)C)COP(=O)(O)OC[C@@H](O)COP(=O)(O)OC[C@@H](COC(=O)CCCCCCCCCCC)OC(=O)CCCCCCCCCCC(C)C. The van der Waals surface area contributed by atoms with Crippen LogP contribution in [-0.2, 0) is 65.4 Å². The summed E-state index contributed by atoms with van der Waals surface area (Å²) in [5.74, 6) is -0.607. The molecule has 0 aliphatic rings. The van der Waals surface area contributed by atoms with Crippen LogP contribution in [0.5, 0.6) is 0 Å². The zero-order chi connectivity index (χ0) is 72.1. The molecule has 19 heteroatoms. The van der Waals surface area contributed by atoms with Gasteiger partial charge in [-0.05, 0) is 37.5 Å². The molecular weight excluding hydrogens is 1280 g/mol. The minimum Gasteiger partial charge on any atom is -0.462 e. The summed E-state index contributed by atoms with van der Waals surface area (Å²) in [5.41, 5.74) is 0. The van der Waals surface area contributed by atoms with Crippen LogP contribution in [0.3, 0.4) is 0 Å². The highest BCUT2D eigenvalue weighted by molar-refractivity contribution is 7.47. The number of carbonyl (C=O) groups excluding carboxylic acids is 4. The molecule has 0 aromatic carbocycles. The van der Waals surface area contributed by atoms with Crippen LogP contribution in [0, 0.1) is 11.8 Å². The molecule has 0 saturated carbocycles. The largest absolute Gasteiger partial charge is 0.472 e. The van der Waals surface area contributed by atoms with Crippen molar-refractivity contribution in [2.24, 2.45) is 11.8 Å². The molecule has 0 aromatic heterocycles. The predicted molar refractivity (Wildman–Crippen MR) is 400 cm³/mol. The molecule has 0 radical (unpaired) electrons. The fraction of sp³-hybridized carbons (Fsp3) is 0.949. The van der Waals surface area contributed by atoms with E-state index in [-0.39, 0.29) is 25.7 Å². The summed E-state index contributed by atoms with van der Waals surface area (Å²) in [6.45, 7) is 9.57. The second kappa shape index (κ2) is 70.7. The van der Waals surface area contributed by atoms with Gasteiger partial charge in [0.15, 0.2) is 12.2 Å². The van der Waals surface area contributed by atoms with Crippen LogP contribution in [0.4, 0.5) is 0 Å². The number of phosphoric ester groups is 2. The number of carbonyl (C=O) groups is 4. The first-order valence-corrected chi connectivity index (χ1v) is 44.0. The van der Waals surface area contributed by atoms with E-state index in [2.05, 4.69) is 41.5 Å². The number of unbranched alkanes of at least 4 members (excludes halogenated alkanes) is 48. The van der Waals surface area contributed by atoms with Crippen LogP contribution in [0.1, 0.15) is 414 Å². The Morgan fingerprint density at radius 1 is 0.276 bits per heavy atom. The molecule has 0 heterocycles. The molecule has 3 N–H and O–H groups in total. The molecule has 2 unspecified atom stereocenters. The Morgan fingerprint density at radius 2 is 0.469 bits per heavy atom. The van der Waals surface area contributed by atoms with Crippen molar-refractivity contribution in [3.05, 3.63) is 0 Å². The van der Waals surface area contributed by atoms with Crippen molar-refractivity contribution >= 4 is 39.5 Å². The number of phosphoric acid groups is 2. The number of hydrogen-bond donors (Lipinski definition) is 3. The lowest BCUT2D eigenvalue weighted by Gasteiger charge is -2.21. The van der Waals surface area contributed by atoms with Crippen LogP contribution in [-0.4, -0.2) is 96.7 Å². The highest BCUT2D eigenvalue weighted by Crippen LogP contribution is 2.45. The van der Waals surface area contributed by atoms with Crippen molar-refractivity contribution in [3.63, 3.8) is 0 Å². The summed E-state index contributed by atoms with van der Waals surface area (Å²) in [7, 11) is -9.91. The van der Waals surface area contributed by atoms with E-state index in [9.17, 15) is 43.2 Å². The summed E-state index contributed by atoms with van der Waals surface area (Å²) in [6.07, 6.45) is 59.9. The fourth-order valence-electron chi connectivity index (χ4n) is 12.2. The Kier molecular flexibility index (Phi) is 69.3. The molecule has 17 nitrogen and oxygen atoms in total. The molecule has 0 aliphatic heterocycles. The average Bonchev–Trinajstić information content (AvgIpc) is 1.05. The Balaban J connectivity index is 5.18. The van der Waals surface area contributed by atoms with E-state index in [0.717, 1.165) is 102 Å². The van der Waals surface area contributed by atoms with E-state index < -0.39 is 97.5 Å². The molecule has 98 heavy (non-hydrogen) atoms.